The molecule has 214 valence electrons. The first-order valence-electron chi connectivity index (χ1n) is 14.0. The normalized spacial score (nSPS) is 27.8. The first kappa shape index (κ1) is 25.5. The molecule has 1 N–H and O–H groups in total. The zero-order chi connectivity index (χ0) is 27.9. The van der Waals surface area contributed by atoms with Gasteiger partial charge < -0.3 is 14.4 Å². The van der Waals surface area contributed by atoms with E-state index < -0.39 is 23.3 Å². The first-order chi connectivity index (χ1) is 19.9. The summed E-state index contributed by atoms with van der Waals surface area (Å²) in [5, 5.41) is 7.46. The minimum atomic E-state index is -0.901. The lowest BCUT2D eigenvalue weighted by molar-refractivity contribution is 0.0302. The largest absolute Gasteiger partial charge is 0.461 e. The number of hydrogen-bond acceptors (Lipinski definition) is 8. The van der Waals surface area contributed by atoms with Crippen molar-refractivity contribution >= 4 is 39.2 Å². The summed E-state index contributed by atoms with van der Waals surface area (Å²) in [5.41, 5.74) is 0.00847. The molecule has 8 rings (SSSR count). The second-order valence-electron chi connectivity index (χ2n) is 11.6. The molecule has 7 heterocycles. The number of anilines is 1. The molecule has 41 heavy (non-hydrogen) atoms. The average molecular weight is 586 g/mol. The van der Waals surface area contributed by atoms with Gasteiger partial charge in [-0.05, 0) is 44.4 Å². The summed E-state index contributed by atoms with van der Waals surface area (Å²) in [7, 11) is 0. The van der Waals surface area contributed by atoms with Crippen molar-refractivity contribution in [1.29, 1.82) is 0 Å². The number of hydrogen-bond donors (Lipinski definition) is 1. The Balaban J connectivity index is 1.24. The topological polar surface area (TPSA) is 92.3 Å². The van der Waals surface area contributed by atoms with Gasteiger partial charge in [0.05, 0.1) is 39.1 Å². The van der Waals surface area contributed by atoms with Gasteiger partial charge in [0.2, 0.25) is 0 Å². The van der Waals surface area contributed by atoms with Crippen LogP contribution in [0.2, 0.25) is 5.02 Å². The molecule has 4 aliphatic heterocycles. The van der Waals surface area contributed by atoms with E-state index in [1.54, 1.807) is 0 Å². The number of benzene rings is 1. The van der Waals surface area contributed by atoms with E-state index in [0.29, 0.717) is 42.8 Å². The van der Waals surface area contributed by atoms with E-state index in [4.69, 9.17) is 26.1 Å². The van der Waals surface area contributed by atoms with Crippen LogP contribution in [0.25, 0.3) is 33.2 Å². The minimum absolute atomic E-state index is 0.00748. The molecule has 13 heteroatoms. The summed E-state index contributed by atoms with van der Waals surface area (Å²) in [6.07, 6.45) is 4.85. The van der Waals surface area contributed by atoms with Crippen molar-refractivity contribution in [3.05, 3.63) is 35.0 Å². The predicted octanol–water partition coefficient (Wildman–Crippen LogP) is 4.82. The number of morpholine rings is 1. The Morgan fingerprint density at radius 2 is 1.95 bits per heavy atom. The fourth-order valence-corrected chi connectivity index (χ4v) is 7.40. The van der Waals surface area contributed by atoms with Gasteiger partial charge in [0.1, 0.15) is 41.3 Å². The van der Waals surface area contributed by atoms with E-state index in [2.05, 4.69) is 30.0 Å². The molecule has 4 aliphatic rings. The smallest absolute Gasteiger partial charge is 0.319 e. The van der Waals surface area contributed by atoms with Crippen LogP contribution in [0.4, 0.5) is 19.0 Å². The van der Waals surface area contributed by atoms with Crippen molar-refractivity contribution in [2.45, 2.75) is 56.0 Å². The van der Waals surface area contributed by atoms with Crippen molar-refractivity contribution in [1.82, 2.24) is 30.0 Å². The third kappa shape index (κ3) is 4.05. The molecule has 0 aliphatic carbocycles. The summed E-state index contributed by atoms with van der Waals surface area (Å²) in [5.74, 6) is -0.881. The zero-order valence-corrected chi connectivity index (χ0v) is 22.8. The highest BCUT2D eigenvalue weighted by Gasteiger charge is 2.49. The summed E-state index contributed by atoms with van der Waals surface area (Å²) in [6, 6.07) is 2.72. The standard InChI is InChI=1S/C28H27ClF3N7O2/c29-21-18(31)4-5-19-20(21)24(37-36-19)25-22(32)23-17(9-33-25)26(38-11-15-2-3-16(12-38)41-15)35-27(34-23)40-13-28-6-1-7-39(28)10-14(30)8-28/h4-5,9,14-16H,1-3,6-8,10-13H2,(H,36,37)/t14-,15?,16?,28+/m1/s1. The lowest BCUT2D eigenvalue weighted by Gasteiger charge is -2.34. The molecule has 0 spiro atoms. The van der Waals surface area contributed by atoms with Gasteiger partial charge in [0, 0.05) is 32.3 Å². The molecule has 9 nitrogen and oxygen atoms in total. The molecule has 4 atom stereocenters. The van der Waals surface area contributed by atoms with Crippen LogP contribution in [0.3, 0.4) is 0 Å². The van der Waals surface area contributed by atoms with Crippen LogP contribution in [0, 0.1) is 11.6 Å². The van der Waals surface area contributed by atoms with Gasteiger partial charge in [-0.2, -0.15) is 15.1 Å². The van der Waals surface area contributed by atoms with E-state index >= 15 is 4.39 Å². The van der Waals surface area contributed by atoms with E-state index in [1.807, 2.05) is 0 Å². The molecule has 4 saturated heterocycles. The maximum absolute atomic E-state index is 16.4. The Morgan fingerprint density at radius 1 is 1.12 bits per heavy atom. The Morgan fingerprint density at radius 3 is 2.78 bits per heavy atom. The van der Waals surface area contributed by atoms with Crippen molar-refractivity contribution < 1.29 is 22.6 Å². The molecule has 4 fully saturated rings. The van der Waals surface area contributed by atoms with E-state index in [-0.39, 0.29) is 52.1 Å². The van der Waals surface area contributed by atoms with Crippen LogP contribution in [-0.2, 0) is 4.74 Å². The summed E-state index contributed by atoms with van der Waals surface area (Å²) in [6.45, 7) is 2.64. The lowest BCUT2D eigenvalue weighted by Crippen LogP contribution is -2.44. The number of pyridine rings is 1. The number of H-pyrrole nitrogens is 1. The van der Waals surface area contributed by atoms with Crippen LogP contribution in [0.15, 0.2) is 18.3 Å². The summed E-state index contributed by atoms with van der Waals surface area (Å²) in [4.78, 5) is 17.9. The highest BCUT2D eigenvalue weighted by atomic mass is 35.5. The van der Waals surface area contributed by atoms with E-state index in [0.717, 1.165) is 32.2 Å². The van der Waals surface area contributed by atoms with Gasteiger partial charge in [0.25, 0.3) is 0 Å². The first-order valence-corrected chi connectivity index (χ1v) is 14.4. The van der Waals surface area contributed by atoms with Gasteiger partial charge in [0.15, 0.2) is 5.82 Å². The summed E-state index contributed by atoms with van der Waals surface area (Å²) < 4.78 is 57.3. The van der Waals surface area contributed by atoms with Crippen LogP contribution >= 0.6 is 11.6 Å². The average Bonchev–Trinajstić information content (AvgIpc) is 3.72. The number of rotatable bonds is 5. The maximum Gasteiger partial charge on any atom is 0.319 e. The van der Waals surface area contributed by atoms with E-state index in [1.165, 1.54) is 18.3 Å². The number of alkyl halides is 1. The Kier molecular flexibility index (Phi) is 5.84. The van der Waals surface area contributed by atoms with Crippen LogP contribution in [0.5, 0.6) is 6.01 Å². The SMILES string of the molecule is Fc1ccc2[nH]nc(-c3ncc4c(N5CC6CCC(C5)O6)nc(OC[C@@]56CCCN5C[C@H](F)C6)nc4c3F)c2c1Cl. The molecule has 2 bridgehead atoms. The molecule has 3 aromatic heterocycles. The van der Waals surface area contributed by atoms with Gasteiger partial charge in [-0.25, -0.2) is 13.2 Å². The third-order valence-electron chi connectivity index (χ3n) is 9.06. The Labute approximate surface area is 238 Å². The number of ether oxygens (including phenoxy) is 2. The monoisotopic (exact) mass is 585 g/mol. The molecule has 0 amide bonds. The zero-order valence-electron chi connectivity index (χ0n) is 22.0. The lowest BCUT2D eigenvalue weighted by atomic mass is 9.95. The van der Waals surface area contributed by atoms with Gasteiger partial charge in [-0.15, -0.1) is 0 Å². The Bertz CT molecular complexity index is 1680. The minimum Gasteiger partial charge on any atom is -0.461 e. The second kappa shape index (κ2) is 9.40. The fourth-order valence-electron chi connectivity index (χ4n) is 7.15. The van der Waals surface area contributed by atoms with Crippen molar-refractivity contribution in [3.8, 4) is 17.4 Å². The van der Waals surface area contributed by atoms with Crippen LogP contribution in [0.1, 0.15) is 32.1 Å². The van der Waals surface area contributed by atoms with Crippen molar-refractivity contribution in [3.63, 3.8) is 0 Å². The molecule has 0 radical (unpaired) electrons. The molecule has 4 aromatic rings. The highest BCUT2D eigenvalue weighted by Crippen LogP contribution is 2.41. The van der Waals surface area contributed by atoms with Crippen molar-refractivity contribution in [2.75, 3.05) is 37.7 Å². The van der Waals surface area contributed by atoms with Gasteiger partial charge >= 0.3 is 6.01 Å². The molecular formula is C28H27ClF3N7O2. The number of nitrogens with one attached hydrogen (secondary N) is 1. The molecule has 2 unspecified atom stereocenters. The van der Waals surface area contributed by atoms with Gasteiger partial charge in [-0.3, -0.25) is 15.0 Å². The Hall–Kier alpha value is -3.22. The van der Waals surface area contributed by atoms with Crippen LogP contribution in [-0.4, -0.2) is 86.8 Å². The fraction of sp³-hybridized carbons (Fsp3) is 0.500. The van der Waals surface area contributed by atoms with Gasteiger partial charge in [-0.1, -0.05) is 11.6 Å². The third-order valence-corrected chi connectivity index (χ3v) is 9.43. The quantitative estimate of drug-likeness (QED) is 0.356. The van der Waals surface area contributed by atoms with E-state index in [9.17, 15) is 8.78 Å². The molecule has 0 saturated carbocycles. The number of nitrogens with zero attached hydrogens (tertiary/aromatic N) is 6. The van der Waals surface area contributed by atoms with Crippen molar-refractivity contribution in [2.24, 2.45) is 0 Å². The summed E-state index contributed by atoms with van der Waals surface area (Å²) >= 11 is 6.26. The second-order valence-corrected chi connectivity index (χ2v) is 12.0. The van der Waals surface area contributed by atoms with Crippen LogP contribution < -0.4 is 9.64 Å². The number of halogens is 4. The molecule has 1 aromatic carbocycles. The predicted molar refractivity (Wildman–Crippen MR) is 146 cm³/mol. The number of aromatic nitrogens is 5. The highest BCUT2D eigenvalue weighted by molar-refractivity contribution is 6.36. The molecular weight excluding hydrogens is 559 g/mol. The number of fused-ring (bicyclic) bond motifs is 5. The maximum atomic E-state index is 16.4. The number of aromatic amines is 1.